The van der Waals surface area contributed by atoms with Gasteiger partial charge in [-0.25, -0.2) is 4.98 Å². The Kier molecular flexibility index (Phi) is 4.12. The maximum Gasteiger partial charge on any atom is 0.417 e. The van der Waals surface area contributed by atoms with Crippen molar-refractivity contribution < 1.29 is 23.1 Å². The summed E-state index contributed by atoms with van der Waals surface area (Å²) in [6.45, 7) is 2.18. The second kappa shape index (κ2) is 5.66. The predicted octanol–water partition coefficient (Wildman–Crippen LogP) is 1.31. The SMILES string of the molecule is O=C(O)CN1CCN(c2ccc(C(F)(F)F)cn2)CC1. The molecule has 20 heavy (non-hydrogen) atoms. The Morgan fingerprint density at radius 2 is 1.90 bits per heavy atom. The summed E-state index contributed by atoms with van der Waals surface area (Å²) >= 11 is 0. The van der Waals surface area contributed by atoms with Crippen molar-refractivity contribution in [2.24, 2.45) is 0 Å². The number of halogens is 3. The maximum absolute atomic E-state index is 12.4. The van der Waals surface area contributed by atoms with E-state index in [0.717, 1.165) is 12.3 Å². The van der Waals surface area contributed by atoms with Crippen LogP contribution in [0.25, 0.3) is 0 Å². The van der Waals surface area contributed by atoms with Crippen LogP contribution in [0.3, 0.4) is 0 Å². The molecule has 8 heteroatoms. The van der Waals surface area contributed by atoms with E-state index in [4.69, 9.17) is 5.11 Å². The number of hydrogen-bond acceptors (Lipinski definition) is 4. The highest BCUT2D eigenvalue weighted by molar-refractivity contribution is 5.69. The van der Waals surface area contributed by atoms with Crippen LogP contribution in [0.15, 0.2) is 18.3 Å². The summed E-state index contributed by atoms with van der Waals surface area (Å²) < 4.78 is 37.3. The van der Waals surface area contributed by atoms with Gasteiger partial charge in [0.15, 0.2) is 0 Å². The monoisotopic (exact) mass is 289 g/mol. The summed E-state index contributed by atoms with van der Waals surface area (Å²) in [5, 5.41) is 8.68. The van der Waals surface area contributed by atoms with Crippen molar-refractivity contribution >= 4 is 11.8 Å². The molecular formula is C12H14F3N3O2. The summed E-state index contributed by atoms with van der Waals surface area (Å²) in [5.74, 6) is -0.404. The van der Waals surface area contributed by atoms with E-state index in [2.05, 4.69) is 4.98 Å². The number of anilines is 1. The minimum absolute atomic E-state index is 0.0196. The molecule has 0 aromatic carbocycles. The van der Waals surface area contributed by atoms with Crippen LogP contribution in [0, 0.1) is 0 Å². The number of carbonyl (C=O) groups is 1. The molecule has 5 nitrogen and oxygen atoms in total. The standard InChI is InChI=1S/C12H14F3N3O2/c13-12(14,15)9-1-2-10(16-7-9)18-5-3-17(4-6-18)8-11(19)20/h1-2,7H,3-6,8H2,(H,19,20). The van der Waals surface area contributed by atoms with Crippen molar-refractivity contribution in [1.82, 2.24) is 9.88 Å². The summed E-state index contributed by atoms with van der Waals surface area (Å²) in [4.78, 5) is 18.0. The van der Waals surface area contributed by atoms with E-state index >= 15 is 0 Å². The highest BCUT2D eigenvalue weighted by Gasteiger charge is 2.31. The molecule has 0 spiro atoms. The Morgan fingerprint density at radius 3 is 2.35 bits per heavy atom. The third-order valence-corrected chi connectivity index (χ3v) is 3.13. The molecule has 110 valence electrons. The number of aliphatic carboxylic acids is 1. The Hall–Kier alpha value is -1.83. The van der Waals surface area contributed by atoms with E-state index in [0.29, 0.717) is 32.0 Å². The summed E-state index contributed by atoms with van der Waals surface area (Å²) in [7, 11) is 0. The molecule has 1 N–H and O–H groups in total. The number of carboxylic acid groups (broad SMARTS) is 1. The van der Waals surface area contributed by atoms with Gasteiger partial charge in [0.05, 0.1) is 12.1 Å². The summed E-state index contributed by atoms with van der Waals surface area (Å²) in [6.07, 6.45) is -3.56. The first-order chi connectivity index (χ1) is 9.36. The van der Waals surface area contributed by atoms with Crippen LogP contribution in [0.4, 0.5) is 19.0 Å². The topological polar surface area (TPSA) is 56.7 Å². The van der Waals surface area contributed by atoms with Gasteiger partial charge in [0.25, 0.3) is 0 Å². The number of nitrogens with zero attached hydrogens (tertiary/aromatic N) is 3. The molecule has 0 amide bonds. The lowest BCUT2D eigenvalue weighted by molar-refractivity contribution is -0.139. The van der Waals surface area contributed by atoms with Gasteiger partial charge in [0.1, 0.15) is 5.82 Å². The van der Waals surface area contributed by atoms with Crippen molar-refractivity contribution in [2.45, 2.75) is 6.18 Å². The first-order valence-electron chi connectivity index (χ1n) is 6.08. The second-order valence-corrected chi connectivity index (χ2v) is 4.56. The molecule has 0 aliphatic carbocycles. The van der Waals surface area contributed by atoms with Crippen LogP contribution in [-0.2, 0) is 11.0 Å². The van der Waals surface area contributed by atoms with Gasteiger partial charge in [-0.3, -0.25) is 9.69 Å². The van der Waals surface area contributed by atoms with E-state index in [1.807, 2.05) is 4.90 Å². The van der Waals surface area contributed by atoms with Crippen LogP contribution >= 0.6 is 0 Å². The quantitative estimate of drug-likeness (QED) is 0.909. The van der Waals surface area contributed by atoms with Crippen LogP contribution in [-0.4, -0.2) is 53.7 Å². The van der Waals surface area contributed by atoms with Crippen molar-refractivity contribution in [3.8, 4) is 0 Å². The fourth-order valence-electron chi connectivity index (χ4n) is 2.07. The molecule has 1 aromatic rings. The van der Waals surface area contributed by atoms with Crippen LogP contribution in [0.1, 0.15) is 5.56 Å². The summed E-state index contributed by atoms with van der Waals surface area (Å²) in [6, 6.07) is 2.35. The number of aromatic nitrogens is 1. The first-order valence-corrected chi connectivity index (χ1v) is 6.08. The number of rotatable bonds is 3. The minimum Gasteiger partial charge on any atom is -0.480 e. The van der Waals surface area contributed by atoms with E-state index in [1.165, 1.54) is 6.07 Å². The minimum atomic E-state index is -4.38. The molecule has 1 aliphatic rings. The molecule has 0 saturated carbocycles. The lowest BCUT2D eigenvalue weighted by atomic mass is 10.2. The molecule has 0 bridgehead atoms. The van der Waals surface area contributed by atoms with Gasteiger partial charge < -0.3 is 10.0 Å². The fraction of sp³-hybridized carbons (Fsp3) is 0.500. The maximum atomic E-state index is 12.4. The van der Waals surface area contributed by atoms with Gasteiger partial charge >= 0.3 is 12.1 Å². The number of carboxylic acids is 1. The van der Waals surface area contributed by atoms with Crippen LogP contribution in [0.2, 0.25) is 0 Å². The Balaban J connectivity index is 1.95. The van der Waals surface area contributed by atoms with Crippen molar-refractivity contribution in [3.63, 3.8) is 0 Å². The average Bonchev–Trinajstić information content (AvgIpc) is 2.38. The Bertz CT molecular complexity index is 468. The fourth-order valence-corrected chi connectivity index (χ4v) is 2.07. The van der Waals surface area contributed by atoms with E-state index in [-0.39, 0.29) is 6.54 Å². The molecule has 0 atom stereocenters. The molecule has 1 aromatic heterocycles. The molecule has 1 aliphatic heterocycles. The zero-order chi connectivity index (χ0) is 14.8. The number of piperazine rings is 1. The lowest BCUT2D eigenvalue weighted by Crippen LogP contribution is -2.48. The van der Waals surface area contributed by atoms with Crippen molar-refractivity contribution in [1.29, 1.82) is 0 Å². The van der Waals surface area contributed by atoms with Gasteiger partial charge in [0, 0.05) is 32.4 Å². The molecule has 1 fully saturated rings. The van der Waals surface area contributed by atoms with E-state index in [1.54, 1.807) is 4.90 Å². The van der Waals surface area contributed by atoms with Gasteiger partial charge in [-0.2, -0.15) is 13.2 Å². The van der Waals surface area contributed by atoms with Gasteiger partial charge in [-0.15, -0.1) is 0 Å². The highest BCUT2D eigenvalue weighted by atomic mass is 19.4. The molecule has 0 unspecified atom stereocenters. The lowest BCUT2D eigenvalue weighted by Gasteiger charge is -2.34. The zero-order valence-corrected chi connectivity index (χ0v) is 10.6. The highest BCUT2D eigenvalue weighted by Crippen LogP contribution is 2.29. The second-order valence-electron chi connectivity index (χ2n) is 4.56. The molecular weight excluding hydrogens is 275 g/mol. The van der Waals surface area contributed by atoms with E-state index < -0.39 is 17.7 Å². The van der Waals surface area contributed by atoms with Crippen LogP contribution in [0.5, 0.6) is 0 Å². The zero-order valence-electron chi connectivity index (χ0n) is 10.6. The first kappa shape index (κ1) is 14.6. The Morgan fingerprint density at radius 1 is 1.25 bits per heavy atom. The third kappa shape index (κ3) is 3.60. The van der Waals surface area contributed by atoms with Crippen molar-refractivity contribution in [3.05, 3.63) is 23.9 Å². The third-order valence-electron chi connectivity index (χ3n) is 3.13. The van der Waals surface area contributed by atoms with Gasteiger partial charge in [-0.05, 0) is 12.1 Å². The number of pyridine rings is 1. The normalized spacial score (nSPS) is 17.2. The largest absolute Gasteiger partial charge is 0.480 e. The van der Waals surface area contributed by atoms with Gasteiger partial charge in [-0.1, -0.05) is 0 Å². The van der Waals surface area contributed by atoms with E-state index in [9.17, 15) is 18.0 Å². The van der Waals surface area contributed by atoms with Crippen molar-refractivity contribution in [2.75, 3.05) is 37.6 Å². The van der Waals surface area contributed by atoms with Crippen LogP contribution < -0.4 is 4.90 Å². The number of alkyl halides is 3. The molecule has 0 radical (unpaired) electrons. The number of hydrogen-bond donors (Lipinski definition) is 1. The van der Waals surface area contributed by atoms with Gasteiger partial charge in [0.2, 0.25) is 0 Å². The summed E-state index contributed by atoms with van der Waals surface area (Å²) in [5.41, 5.74) is -0.772. The molecule has 2 heterocycles. The Labute approximate surface area is 113 Å². The predicted molar refractivity (Wildman–Crippen MR) is 65.5 cm³/mol. The average molecular weight is 289 g/mol. The molecule has 2 rings (SSSR count). The molecule has 1 saturated heterocycles. The smallest absolute Gasteiger partial charge is 0.417 e.